The molecule has 5 nitrogen and oxygen atoms in total. The van der Waals surface area contributed by atoms with Gasteiger partial charge in [0.1, 0.15) is 7.82 Å². The summed E-state index contributed by atoms with van der Waals surface area (Å²) in [6, 6.07) is 0. The Morgan fingerprint density at radius 1 is 0.700 bits per heavy atom. The smallest absolute Gasteiger partial charge is 0.788 e. The molecule has 0 spiro atoms. The standard InChI is InChI=1S/C22H47O5P.2K/c1-4-5-6-7-8-9-10-11-12-13-14-15-16-17-18-19-22(20-21(2)3)26-27-28(23,24)25;;/h21-22H,4-20H2,1-3H3,(H2,23,24,25);;/q;2*+1/p-2. The summed E-state index contributed by atoms with van der Waals surface area (Å²) in [6.45, 7) is 6.34. The van der Waals surface area contributed by atoms with Gasteiger partial charge in [0.2, 0.25) is 0 Å². The van der Waals surface area contributed by atoms with Gasteiger partial charge in [0.05, 0.1) is 6.10 Å². The van der Waals surface area contributed by atoms with E-state index >= 15 is 0 Å². The Balaban J connectivity index is -0.00000364. The van der Waals surface area contributed by atoms with Crippen LogP contribution < -0.4 is 113 Å². The van der Waals surface area contributed by atoms with Crippen molar-refractivity contribution in [3.63, 3.8) is 0 Å². The summed E-state index contributed by atoms with van der Waals surface area (Å²) >= 11 is 0. The topological polar surface area (TPSA) is 81.7 Å². The maximum absolute atomic E-state index is 10.6. The molecule has 8 heteroatoms. The van der Waals surface area contributed by atoms with Gasteiger partial charge in [-0.25, -0.2) is 9.56 Å². The van der Waals surface area contributed by atoms with Crippen LogP contribution in [-0.2, 0) is 14.1 Å². The molecule has 0 aliphatic carbocycles. The van der Waals surface area contributed by atoms with Gasteiger partial charge in [0.15, 0.2) is 0 Å². The van der Waals surface area contributed by atoms with Crippen LogP contribution in [0.15, 0.2) is 0 Å². The second-order valence-corrected chi connectivity index (χ2v) is 9.65. The van der Waals surface area contributed by atoms with Crippen molar-refractivity contribution in [1.82, 2.24) is 0 Å². The van der Waals surface area contributed by atoms with Crippen molar-refractivity contribution in [3.05, 3.63) is 0 Å². The molecule has 30 heavy (non-hydrogen) atoms. The fourth-order valence-corrected chi connectivity index (χ4v) is 3.82. The molecule has 170 valence electrons. The van der Waals surface area contributed by atoms with Crippen molar-refractivity contribution in [1.29, 1.82) is 0 Å². The quantitative estimate of drug-likeness (QED) is 0.0755. The Morgan fingerprint density at radius 2 is 1.07 bits per heavy atom. The molecule has 0 radical (unpaired) electrons. The maximum atomic E-state index is 10.6. The van der Waals surface area contributed by atoms with E-state index in [-0.39, 0.29) is 109 Å². The van der Waals surface area contributed by atoms with Gasteiger partial charge in [-0.15, -0.1) is 0 Å². The molecule has 0 aromatic rings. The third-order valence-corrected chi connectivity index (χ3v) is 5.40. The molecule has 0 aliphatic rings. The van der Waals surface area contributed by atoms with E-state index in [0.717, 1.165) is 19.3 Å². The number of hydrogen-bond donors (Lipinski definition) is 0. The van der Waals surface area contributed by atoms with Crippen molar-refractivity contribution >= 4 is 7.82 Å². The molecular formula is C22H45K2O5P. The number of hydrogen-bond acceptors (Lipinski definition) is 5. The van der Waals surface area contributed by atoms with Crippen LogP contribution in [0.3, 0.4) is 0 Å². The fourth-order valence-electron chi connectivity index (χ4n) is 3.59. The summed E-state index contributed by atoms with van der Waals surface area (Å²) in [4.78, 5) is 26.0. The first-order chi connectivity index (χ1) is 13.3. The normalized spacial score (nSPS) is 12.5. The number of rotatable bonds is 21. The van der Waals surface area contributed by atoms with Gasteiger partial charge in [-0.1, -0.05) is 117 Å². The van der Waals surface area contributed by atoms with Crippen LogP contribution in [0, 0.1) is 5.92 Å². The Labute approximate surface area is 272 Å². The SMILES string of the molecule is CCCCCCCCCCCCCCCCCC(CC(C)C)OOP(=O)([O-])[O-].[K+].[K+]. The molecule has 0 rings (SSSR count). The summed E-state index contributed by atoms with van der Waals surface area (Å²) in [5.41, 5.74) is 0. The first-order valence-electron chi connectivity index (χ1n) is 11.7. The van der Waals surface area contributed by atoms with E-state index in [1.165, 1.54) is 83.5 Å². The third-order valence-electron chi connectivity index (χ3n) is 5.13. The van der Waals surface area contributed by atoms with Crippen LogP contribution in [0.25, 0.3) is 0 Å². The summed E-state index contributed by atoms with van der Waals surface area (Å²) in [5.74, 6) is 0.364. The van der Waals surface area contributed by atoms with Crippen molar-refractivity contribution in [2.45, 2.75) is 136 Å². The summed E-state index contributed by atoms with van der Waals surface area (Å²) in [5, 5.41) is 0. The molecular weight excluding hydrogens is 453 g/mol. The van der Waals surface area contributed by atoms with E-state index in [1.54, 1.807) is 0 Å². The first-order valence-corrected chi connectivity index (χ1v) is 13.2. The molecule has 0 saturated heterocycles. The molecule has 0 aliphatic heterocycles. The molecule has 0 N–H and O–H groups in total. The molecule has 0 amide bonds. The first kappa shape index (κ1) is 37.9. The van der Waals surface area contributed by atoms with Crippen LogP contribution in [0.1, 0.15) is 130 Å². The minimum atomic E-state index is -5.06. The van der Waals surface area contributed by atoms with Crippen LogP contribution in [0.4, 0.5) is 0 Å². The van der Waals surface area contributed by atoms with E-state index in [9.17, 15) is 14.4 Å². The van der Waals surface area contributed by atoms with E-state index in [2.05, 4.69) is 11.6 Å². The number of phosphoric acid groups is 1. The van der Waals surface area contributed by atoms with Gasteiger partial charge in [0.25, 0.3) is 0 Å². The zero-order valence-corrected chi connectivity index (χ0v) is 27.8. The summed E-state index contributed by atoms with van der Waals surface area (Å²) in [7, 11) is -5.06. The average Bonchev–Trinajstić information content (AvgIpc) is 2.61. The largest absolute Gasteiger partial charge is 1.00 e. The van der Waals surface area contributed by atoms with Crippen molar-refractivity contribution in [2.75, 3.05) is 0 Å². The van der Waals surface area contributed by atoms with E-state index in [4.69, 9.17) is 4.89 Å². The Morgan fingerprint density at radius 3 is 1.40 bits per heavy atom. The van der Waals surface area contributed by atoms with Gasteiger partial charge >= 0.3 is 103 Å². The molecule has 0 aromatic heterocycles. The molecule has 0 bridgehead atoms. The Kier molecular flexibility index (Phi) is 34.0. The van der Waals surface area contributed by atoms with Crippen LogP contribution >= 0.6 is 7.82 Å². The minimum Gasteiger partial charge on any atom is -0.788 e. The molecule has 0 aromatic carbocycles. The molecule has 1 atom stereocenters. The van der Waals surface area contributed by atoms with Crippen molar-refractivity contribution < 1.29 is 127 Å². The van der Waals surface area contributed by atoms with Crippen LogP contribution in [0.2, 0.25) is 0 Å². The van der Waals surface area contributed by atoms with Gasteiger partial charge in [0, 0.05) is 0 Å². The number of unbranched alkanes of at least 4 members (excludes halogenated alkanes) is 14. The summed E-state index contributed by atoms with van der Waals surface area (Å²) in [6.07, 6.45) is 20.8. The van der Waals surface area contributed by atoms with Crippen molar-refractivity contribution in [2.24, 2.45) is 5.92 Å². The van der Waals surface area contributed by atoms with Crippen LogP contribution in [-0.4, -0.2) is 6.10 Å². The second-order valence-electron chi connectivity index (χ2n) is 8.61. The second kappa shape index (κ2) is 26.9. The summed E-state index contributed by atoms with van der Waals surface area (Å²) < 4.78 is 14.6. The average molecular weight is 499 g/mol. The van der Waals surface area contributed by atoms with E-state index in [0.29, 0.717) is 12.3 Å². The zero-order valence-electron chi connectivity index (χ0n) is 20.7. The fraction of sp³-hybridized carbons (Fsp3) is 1.00. The molecule has 0 saturated carbocycles. The Hall–Kier alpha value is 3.34. The molecule has 0 heterocycles. The van der Waals surface area contributed by atoms with Gasteiger partial charge in [-0.2, -0.15) is 0 Å². The predicted octanol–water partition coefficient (Wildman–Crippen LogP) is 0.448. The van der Waals surface area contributed by atoms with Gasteiger partial charge in [-0.3, -0.25) is 0 Å². The van der Waals surface area contributed by atoms with E-state index < -0.39 is 7.82 Å². The monoisotopic (exact) mass is 498 g/mol. The third kappa shape index (κ3) is 31.3. The zero-order chi connectivity index (χ0) is 21.1. The minimum absolute atomic E-state index is 0. The van der Waals surface area contributed by atoms with Crippen LogP contribution in [0.5, 0.6) is 0 Å². The Bertz CT molecular complexity index is 381. The maximum Gasteiger partial charge on any atom is 1.00 e. The molecule has 0 fully saturated rings. The van der Waals surface area contributed by atoms with Gasteiger partial charge in [-0.05, 0) is 18.8 Å². The van der Waals surface area contributed by atoms with Gasteiger partial charge < -0.3 is 14.4 Å². The van der Waals surface area contributed by atoms with Crippen molar-refractivity contribution in [3.8, 4) is 0 Å². The molecule has 1 unspecified atom stereocenters. The van der Waals surface area contributed by atoms with E-state index in [1.807, 2.05) is 13.8 Å². The predicted molar refractivity (Wildman–Crippen MR) is 113 cm³/mol.